The molecule has 0 aromatic heterocycles. The van der Waals surface area contributed by atoms with Crippen molar-refractivity contribution in [3.8, 4) is 5.75 Å². The Morgan fingerprint density at radius 3 is 2.38 bits per heavy atom. The number of hydrogen-bond acceptors (Lipinski definition) is 4. The number of aliphatic hydroxyl groups excluding tert-OH is 1. The number of fused-ring (bicyclic) bond motifs is 1. The van der Waals surface area contributed by atoms with Crippen LogP contribution in [0.25, 0.3) is 0 Å². The zero-order valence-electron chi connectivity index (χ0n) is 19.8. The third kappa shape index (κ3) is 6.71. The van der Waals surface area contributed by atoms with Gasteiger partial charge in [0.25, 0.3) is 0 Å². The fourth-order valence-electron chi connectivity index (χ4n) is 4.62. The van der Waals surface area contributed by atoms with Crippen LogP contribution in [0.1, 0.15) is 42.1 Å². The summed E-state index contributed by atoms with van der Waals surface area (Å²) >= 11 is 0. The minimum absolute atomic E-state index is 0.0951. The van der Waals surface area contributed by atoms with Gasteiger partial charge in [0.2, 0.25) is 0 Å². The Hall–Kier alpha value is -2.16. The maximum Gasteiger partial charge on any atom is 0.401 e. The predicted molar refractivity (Wildman–Crippen MR) is 125 cm³/mol. The second-order valence-electron chi connectivity index (χ2n) is 8.63. The fraction of sp³-hybridized carbons (Fsp3) is 0.538. The highest BCUT2D eigenvalue weighted by atomic mass is 19.4. The number of nitrogens with zero attached hydrogens (tertiary/aromatic N) is 2. The monoisotopic (exact) mass is 482 g/mol. The number of benzene rings is 2. The lowest BCUT2D eigenvalue weighted by Crippen LogP contribution is -2.49. The Morgan fingerprint density at radius 2 is 1.76 bits per heavy atom. The standard InChI is InChI=1S/C24H28F4N2O2.C2H6/c25-12-18-13-29(14-18)9-10-32-21-4-2-19(3-5-21)23-22-6-1-17(15-31)11-20(22)7-8-30(23)16-24(26,27)28;1-2/h1-6,11,18,23,31H,7-10,12-16H2;1-2H3. The Labute approximate surface area is 199 Å². The molecule has 4 nitrogen and oxygen atoms in total. The third-order valence-corrected chi connectivity index (χ3v) is 6.22. The van der Waals surface area contributed by atoms with Gasteiger partial charge in [-0.25, -0.2) is 0 Å². The first-order valence-electron chi connectivity index (χ1n) is 11.9. The summed E-state index contributed by atoms with van der Waals surface area (Å²) in [5, 5.41) is 9.41. The number of ether oxygens (including phenoxy) is 1. The van der Waals surface area contributed by atoms with Crippen LogP contribution in [-0.4, -0.2) is 67.1 Å². The van der Waals surface area contributed by atoms with Gasteiger partial charge in [-0.05, 0) is 40.8 Å². The lowest BCUT2D eigenvalue weighted by molar-refractivity contribution is -0.150. The van der Waals surface area contributed by atoms with Gasteiger partial charge in [-0.2, -0.15) is 13.2 Å². The molecule has 1 atom stereocenters. The Balaban J connectivity index is 0.00000158. The molecule has 188 valence electrons. The highest BCUT2D eigenvalue weighted by molar-refractivity contribution is 5.43. The molecule has 2 aliphatic rings. The number of likely N-dealkylation sites (tertiary alicyclic amines) is 1. The average molecular weight is 483 g/mol. The SMILES string of the molecule is CC.OCc1ccc2c(c1)CCN(CC(F)(F)F)C2c1ccc(OCCN2CC(CF)C2)cc1. The molecule has 0 amide bonds. The van der Waals surface area contributed by atoms with Crippen LogP contribution in [0.2, 0.25) is 0 Å². The number of aliphatic hydroxyl groups is 1. The highest BCUT2D eigenvalue weighted by Gasteiger charge is 2.37. The van der Waals surface area contributed by atoms with E-state index in [-0.39, 0.29) is 19.2 Å². The maximum atomic E-state index is 13.3. The van der Waals surface area contributed by atoms with E-state index in [0.29, 0.717) is 25.3 Å². The van der Waals surface area contributed by atoms with E-state index < -0.39 is 18.8 Å². The number of hydrogen-bond donors (Lipinski definition) is 1. The van der Waals surface area contributed by atoms with Gasteiger partial charge < -0.3 is 9.84 Å². The van der Waals surface area contributed by atoms with Gasteiger partial charge in [0.15, 0.2) is 0 Å². The maximum absolute atomic E-state index is 13.3. The number of rotatable bonds is 8. The van der Waals surface area contributed by atoms with Crippen molar-refractivity contribution in [3.63, 3.8) is 0 Å². The lowest BCUT2D eigenvalue weighted by Gasteiger charge is -2.38. The number of alkyl halides is 4. The van der Waals surface area contributed by atoms with Crippen LogP contribution in [0.15, 0.2) is 42.5 Å². The van der Waals surface area contributed by atoms with Crippen LogP contribution in [0.4, 0.5) is 17.6 Å². The minimum Gasteiger partial charge on any atom is -0.492 e. The van der Waals surface area contributed by atoms with E-state index in [1.165, 1.54) is 4.90 Å². The third-order valence-electron chi connectivity index (χ3n) is 6.22. The summed E-state index contributed by atoms with van der Waals surface area (Å²) in [5.74, 6) is 0.797. The van der Waals surface area contributed by atoms with E-state index in [2.05, 4.69) is 4.90 Å². The molecule has 1 fully saturated rings. The highest BCUT2D eigenvalue weighted by Crippen LogP contribution is 2.38. The fourth-order valence-corrected chi connectivity index (χ4v) is 4.62. The molecule has 1 unspecified atom stereocenters. The van der Waals surface area contributed by atoms with Crippen molar-refractivity contribution in [2.45, 2.75) is 39.1 Å². The quantitative estimate of drug-likeness (QED) is 0.538. The molecule has 1 saturated heterocycles. The predicted octanol–water partition coefficient (Wildman–Crippen LogP) is 5.00. The molecule has 2 aromatic rings. The van der Waals surface area contributed by atoms with Crippen molar-refractivity contribution < 1.29 is 27.4 Å². The normalized spacial score (nSPS) is 19.1. The molecule has 8 heteroatoms. The molecule has 4 rings (SSSR count). The summed E-state index contributed by atoms with van der Waals surface area (Å²) in [5.41, 5.74) is 3.34. The largest absolute Gasteiger partial charge is 0.492 e. The topological polar surface area (TPSA) is 35.9 Å². The van der Waals surface area contributed by atoms with Gasteiger partial charge in [0.1, 0.15) is 12.4 Å². The lowest BCUT2D eigenvalue weighted by atomic mass is 9.87. The van der Waals surface area contributed by atoms with Gasteiger partial charge in [0, 0.05) is 32.1 Å². The second-order valence-corrected chi connectivity index (χ2v) is 8.63. The van der Waals surface area contributed by atoms with Crippen LogP contribution in [0.3, 0.4) is 0 Å². The van der Waals surface area contributed by atoms with Crippen molar-refractivity contribution >= 4 is 0 Å². The molecule has 2 aromatic carbocycles. The van der Waals surface area contributed by atoms with Gasteiger partial charge in [-0.15, -0.1) is 0 Å². The van der Waals surface area contributed by atoms with Crippen LogP contribution < -0.4 is 4.74 Å². The first kappa shape index (κ1) is 26.4. The summed E-state index contributed by atoms with van der Waals surface area (Å²) in [7, 11) is 0. The summed E-state index contributed by atoms with van der Waals surface area (Å²) in [4.78, 5) is 3.59. The van der Waals surface area contributed by atoms with Crippen LogP contribution in [0.5, 0.6) is 5.75 Å². The van der Waals surface area contributed by atoms with E-state index in [1.54, 1.807) is 18.2 Å². The van der Waals surface area contributed by atoms with E-state index >= 15 is 0 Å². The van der Waals surface area contributed by atoms with Crippen LogP contribution in [-0.2, 0) is 13.0 Å². The second kappa shape index (κ2) is 12.0. The zero-order chi connectivity index (χ0) is 24.7. The van der Waals surface area contributed by atoms with Crippen LogP contribution >= 0.6 is 0 Å². The Bertz CT molecular complexity index is 899. The minimum atomic E-state index is -4.29. The first-order chi connectivity index (χ1) is 16.4. The van der Waals surface area contributed by atoms with Gasteiger partial charge >= 0.3 is 6.18 Å². The van der Waals surface area contributed by atoms with Gasteiger partial charge in [-0.3, -0.25) is 14.2 Å². The molecule has 0 bridgehead atoms. The van der Waals surface area contributed by atoms with Crippen molar-refractivity contribution in [1.82, 2.24) is 9.80 Å². The van der Waals surface area contributed by atoms with Crippen molar-refractivity contribution in [3.05, 3.63) is 64.7 Å². The first-order valence-corrected chi connectivity index (χ1v) is 11.9. The van der Waals surface area contributed by atoms with E-state index in [1.807, 2.05) is 38.1 Å². The summed E-state index contributed by atoms with van der Waals surface area (Å²) in [6, 6.07) is 12.2. The smallest absolute Gasteiger partial charge is 0.401 e. The molecule has 0 spiro atoms. The number of halogens is 4. The zero-order valence-corrected chi connectivity index (χ0v) is 19.8. The molecule has 0 radical (unpaired) electrons. The molecule has 0 saturated carbocycles. The molecule has 1 N–H and O–H groups in total. The van der Waals surface area contributed by atoms with E-state index in [4.69, 9.17) is 4.74 Å². The summed E-state index contributed by atoms with van der Waals surface area (Å²) in [6.07, 6.45) is -3.78. The molecular formula is C26H34F4N2O2. The molecule has 2 aliphatic heterocycles. The molecule has 34 heavy (non-hydrogen) atoms. The molecule has 0 aliphatic carbocycles. The van der Waals surface area contributed by atoms with E-state index in [9.17, 15) is 22.7 Å². The van der Waals surface area contributed by atoms with Crippen molar-refractivity contribution in [2.24, 2.45) is 5.92 Å². The molecule has 2 heterocycles. The van der Waals surface area contributed by atoms with Crippen LogP contribution in [0, 0.1) is 5.92 Å². The van der Waals surface area contributed by atoms with Gasteiger partial charge in [-0.1, -0.05) is 44.2 Å². The summed E-state index contributed by atoms with van der Waals surface area (Å²) < 4.78 is 58.0. The summed E-state index contributed by atoms with van der Waals surface area (Å²) in [6.45, 7) is 5.65. The molecular weight excluding hydrogens is 448 g/mol. The van der Waals surface area contributed by atoms with Crippen molar-refractivity contribution in [1.29, 1.82) is 0 Å². The average Bonchev–Trinajstić information content (AvgIpc) is 2.81. The Kier molecular flexibility index (Phi) is 9.33. The Morgan fingerprint density at radius 1 is 1.06 bits per heavy atom. The van der Waals surface area contributed by atoms with E-state index in [0.717, 1.165) is 41.9 Å². The van der Waals surface area contributed by atoms with Gasteiger partial charge in [0.05, 0.1) is 25.9 Å². The van der Waals surface area contributed by atoms with Crippen molar-refractivity contribution in [2.75, 3.05) is 46.0 Å².